The Morgan fingerprint density at radius 1 is 1.31 bits per heavy atom. The minimum absolute atomic E-state index is 0.00351. The fourth-order valence-corrected chi connectivity index (χ4v) is 5.16. The first-order valence-electron chi connectivity index (χ1n) is 9.61. The Bertz CT molecular complexity index is 1030. The van der Waals surface area contributed by atoms with Gasteiger partial charge in [0.15, 0.2) is 11.2 Å². The molecule has 4 rings (SSSR count). The average Bonchev–Trinajstić information content (AvgIpc) is 3.34. The molecular weight excluding hydrogens is 398 g/mol. The largest absolute Gasteiger partial charge is 0.393 e. The van der Waals surface area contributed by atoms with Crippen LogP contribution in [0.1, 0.15) is 25.3 Å². The molecule has 158 valence electrons. The fourth-order valence-electron chi connectivity index (χ4n) is 3.67. The van der Waals surface area contributed by atoms with Crippen LogP contribution in [0.3, 0.4) is 0 Å². The highest BCUT2D eigenvalue weighted by atomic mass is 32.2. The summed E-state index contributed by atoms with van der Waals surface area (Å²) >= 11 is 0. The van der Waals surface area contributed by atoms with Crippen molar-refractivity contribution in [3.8, 4) is 0 Å². The lowest BCUT2D eigenvalue weighted by molar-refractivity contribution is -0.0922. The zero-order chi connectivity index (χ0) is 20.6. The molecule has 0 bridgehead atoms. The molecule has 2 aromatic heterocycles. The molecule has 1 saturated heterocycles. The second kappa shape index (κ2) is 7.56. The summed E-state index contributed by atoms with van der Waals surface area (Å²) in [7, 11) is -2.97. The third-order valence-electron chi connectivity index (χ3n) is 5.47. The van der Waals surface area contributed by atoms with Crippen molar-refractivity contribution in [1.82, 2.24) is 20.2 Å². The molecule has 11 heteroatoms. The van der Waals surface area contributed by atoms with Crippen molar-refractivity contribution in [1.29, 1.82) is 0 Å². The maximum Gasteiger partial charge on any atom is 0.162 e. The molecule has 0 amide bonds. The van der Waals surface area contributed by atoms with Gasteiger partial charge in [-0.15, -0.1) is 0 Å². The van der Waals surface area contributed by atoms with Gasteiger partial charge in [-0.3, -0.25) is 10.3 Å². The zero-order valence-corrected chi connectivity index (χ0v) is 16.9. The number of anilines is 1. The maximum absolute atomic E-state index is 11.8. The standard InChI is InChI=1S/C18H25N5O5S/c1-2-23-17-14(9-20-23)16(21-12-3-5-29(26,27)6-4-12)13(8-19-17)15-7-18(10-24,11-25)28-22-15/h7-9,12,22,24-25H,2-6,10-11H2,1H3,(H,19,21). The monoisotopic (exact) mass is 423 g/mol. The van der Waals surface area contributed by atoms with Gasteiger partial charge in [0.05, 0.1) is 47.7 Å². The highest BCUT2D eigenvalue weighted by molar-refractivity contribution is 7.91. The number of nitrogens with zero attached hydrogens (tertiary/aromatic N) is 3. The number of aromatic nitrogens is 3. The molecule has 4 N–H and O–H groups in total. The average molecular weight is 423 g/mol. The van der Waals surface area contributed by atoms with Crippen LogP contribution in [0.4, 0.5) is 5.69 Å². The summed E-state index contributed by atoms with van der Waals surface area (Å²) in [4.78, 5) is 9.95. The molecule has 0 radical (unpaired) electrons. The van der Waals surface area contributed by atoms with Crippen LogP contribution in [0, 0.1) is 0 Å². The number of rotatable bonds is 6. The lowest BCUT2D eigenvalue weighted by Gasteiger charge is -2.25. The number of aliphatic hydroxyl groups is 2. The molecule has 2 aromatic rings. The number of hydrogen-bond acceptors (Lipinski definition) is 9. The summed E-state index contributed by atoms with van der Waals surface area (Å²) in [6, 6.07) is -0.00351. The SMILES string of the molecule is CCn1ncc2c(NC3CCS(=O)(=O)CC3)c(C3=CC(CO)(CO)ON3)cnc21. The first kappa shape index (κ1) is 20.1. The summed E-state index contributed by atoms with van der Waals surface area (Å²) in [5.74, 6) is 0.315. The Labute approximate surface area is 168 Å². The van der Waals surface area contributed by atoms with Gasteiger partial charge >= 0.3 is 0 Å². The first-order chi connectivity index (χ1) is 13.9. The van der Waals surface area contributed by atoms with Crippen molar-refractivity contribution in [3.05, 3.63) is 24.0 Å². The smallest absolute Gasteiger partial charge is 0.162 e. The number of nitrogens with one attached hydrogen (secondary N) is 2. The van der Waals surface area contributed by atoms with Gasteiger partial charge in [-0.2, -0.15) is 5.10 Å². The van der Waals surface area contributed by atoms with E-state index in [1.54, 1.807) is 23.2 Å². The van der Waals surface area contributed by atoms with Crippen molar-refractivity contribution >= 4 is 32.3 Å². The molecular formula is C18H25N5O5S. The quantitative estimate of drug-likeness (QED) is 0.507. The first-order valence-corrected chi connectivity index (χ1v) is 11.4. The molecule has 0 unspecified atom stereocenters. The third-order valence-corrected chi connectivity index (χ3v) is 7.18. The van der Waals surface area contributed by atoms with Crippen molar-refractivity contribution in [2.45, 2.75) is 38.0 Å². The number of pyridine rings is 1. The highest BCUT2D eigenvalue weighted by Crippen LogP contribution is 2.35. The molecule has 2 aliphatic rings. The van der Waals surface area contributed by atoms with E-state index in [0.717, 1.165) is 16.7 Å². The van der Waals surface area contributed by atoms with E-state index in [2.05, 4.69) is 20.9 Å². The molecule has 10 nitrogen and oxygen atoms in total. The molecule has 0 spiro atoms. The van der Waals surface area contributed by atoms with E-state index in [1.807, 2.05) is 6.92 Å². The van der Waals surface area contributed by atoms with Crippen LogP contribution in [0.5, 0.6) is 0 Å². The van der Waals surface area contributed by atoms with Crippen LogP contribution in [0.25, 0.3) is 16.7 Å². The maximum atomic E-state index is 11.8. The van der Waals surface area contributed by atoms with Gasteiger partial charge in [0.1, 0.15) is 9.84 Å². The van der Waals surface area contributed by atoms with E-state index in [0.29, 0.717) is 30.6 Å². The molecule has 0 aliphatic carbocycles. The van der Waals surface area contributed by atoms with Gasteiger partial charge in [-0.25, -0.2) is 18.1 Å². The number of hydroxylamine groups is 1. The van der Waals surface area contributed by atoms with Crippen molar-refractivity contribution in [3.63, 3.8) is 0 Å². The molecule has 0 aromatic carbocycles. The van der Waals surface area contributed by atoms with Crippen LogP contribution in [-0.2, 0) is 21.2 Å². The topological polar surface area (TPSA) is 139 Å². The molecule has 29 heavy (non-hydrogen) atoms. The minimum atomic E-state index is -2.97. The summed E-state index contributed by atoms with van der Waals surface area (Å²) in [5, 5.41) is 27.9. The van der Waals surface area contributed by atoms with Crippen LogP contribution in [-0.4, -0.2) is 69.8 Å². The predicted octanol–water partition coefficient (Wildman–Crippen LogP) is 0.0394. The Balaban J connectivity index is 1.76. The number of aliphatic hydroxyl groups excluding tert-OH is 2. The Morgan fingerprint density at radius 3 is 2.66 bits per heavy atom. The van der Waals surface area contributed by atoms with Gasteiger partial charge in [0.25, 0.3) is 0 Å². The second-order valence-electron chi connectivity index (χ2n) is 7.46. The molecule has 4 heterocycles. The van der Waals surface area contributed by atoms with Gasteiger partial charge in [0.2, 0.25) is 0 Å². The van der Waals surface area contributed by atoms with Crippen molar-refractivity contribution in [2.75, 3.05) is 30.0 Å². The summed E-state index contributed by atoms with van der Waals surface area (Å²) in [6.45, 7) is 1.88. The summed E-state index contributed by atoms with van der Waals surface area (Å²) in [6.07, 6.45) is 6.10. The number of hydrogen-bond donors (Lipinski definition) is 4. The van der Waals surface area contributed by atoms with Crippen LogP contribution < -0.4 is 10.8 Å². The van der Waals surface area contributed by atoms with Crippen LogP contribution in [0.2, 0.25) is 0 Å². The molecule has 0 saturated carbocycles. The van der Waals surface area contributed by atoms with Crippen LogP contribution in [0.15, 0.2) is 18.5 Å². The lowest BCUT2D eigenvalue weighted by Crippen LogP contribution is -2.37. The predicted molar refractivity (Wildman–Crippen MR) is 108 cm³/mol. The molecule has 0 atom stereocenters. The molecule has 2 aliphatic heterocycles. The number of aryl methyl sites for hydroxylation is 1. The van der Waals surface area contributed by atoms with Crippen molar-refractivity contribution in [2.24, 2.45) is 0 Å². The lowest BCUT2D eigenvalue weighted by atomic mass is 10.0. The second-order valence-corrected chi connectivity index (χ2v) is 9.76. The Morgan fingerprint density at radius 2 is 2.03 bits per heavy atom. The van der Waals surface area contributed by atoms with Gasteiger partial charge < -0.3 is 15.5 Å². The van der Waals surface area contributed by atoms with Crippen molar-refractivity contribution < 1.29 is 23.5 Å². The number of fused-ring (bicyclic) bond motifs is 1. The fraction of sp³-hybridized carbons (Fsp3) is 0.556. The normalized spacial score (nSPS) is 21.1. The highest BCUT2D eigenvalue weighted by Gasteiger charge is 2.35. The summed E-state index contributed by atoms with van der Waals surface area (Å²) in [5.41, 5.74) is 4.32. The van der Waals surface area contributed by atoms with Gasteiger partial charge in [0, 0.05) is 24.3 Å². The third kappa shape index (κ3) is 3.70. The van der Waals surface area contributed by atoms with E-state index in [-0.39, 0.29) is 30.8 Å². The summed E-state index contributed by atoms with van der Waals surface area (Å²) < 4.78 is 25.4. The van der Waals surface area contributed by atoms with E-state index in [4.69, 9.17) is 4.84 Å². The van der Waals surface area contributed by atoms with E-state index in [1.165, 1.54) is 0 Å². The zero-order valence-electron chi connectivity index (χ0n) is 16.1. The number of sulfone groups is 1. The van der Waals surface area contributed by atoms with Gasteiger partial charge in [-0.1, -0.05) is 0 Å². The minimum Gasteiger partial charge on any atom is -0.393 e. The Kier molecular flexibility index (Phi) is 5.23. The van der Waals surface area contributed by atoms with E-state index >= 15 is 0 Å². The van der Waals surface area contributed by atoms with E-state index < -0.39 is 15.4 Å². The Hall–Kier alpha value is -2.21. The van der Waals surface area contributed by atoms with Gasteiger partial charge in [-0.05, 0) is 25.8 Å². The van der Waals surface area contributed by atoms with Crippen LogP contribution >= 0.6 is 0 Å². The van der Waals surface area contributed by atoms with E-state index in [9.17, 15) is 18.6 Å². The molecule has 1 fully saturated rings.